The summed E-state index contributed by atoms with van der Waals surface area (Å²) in [5, 5.41) is 6.31. The van der Waals surface area contributed by atoms with Gasteiger partial charge in [0.1, 0.15) is 0 Å². The first-order valence-corrected chi connectivity index (χ1v) is 9.15. The first-order chi connectivity index (χ1) is 9.47. The molecule has 3 rings (SSSR count). The van der Waals surface area contributed by atoms with Crippen molar-refractivity contribution in [1.29, 1.82) is 0 Å². The van der Waals surface area contributed by atoms with Crippen LogP contribution in [0.2, 0.25) is 0 Å². The third-order valence-corrected chi connectivity index (χ3v) is 7.09. The minimum absolute atomic E-state index is 0.455. The molecule has 2 bridgehead atoms. The fraction of sp³-hybridized carbons (Fsp3) is 0.778. The van der Waals surface area contributed by atoms with Gasteiger partial charge in [-0.05, 0) is 53.9 Å². The minimum Gasteiger partial charge on any atom is -0.305 e. The number of thiophene rings is 1. The molecule has 2 aliphatic rings. The first kappa shape index (κ1) is 14.6. The molecule has 1 heterocycles. The number of hydrogen-bond donors (Lipinski definition) is 1. The second-order valence-corrected chi connectivity index (χ2v) is 8.85. The average molecular weight is 292 g/mol. The lowest BCUT2D eigenvalue weighted by molar-refractivity contribution is 0.0972. The summed E-state index contributed by atoms with van der Waals surface area (Å²) in [6.45, 7) is 9.82. The maximum Gasteiger partial charge on any atom is 0.0417 e. The Morgan fingerprint density at radius 2 is 2.20 bits per heavy atom. The van der Waals surface area contributed by atoms with Crippen molar-refractivity contribution in [1.82, 2.24) is 5.32 Å². The summed E-state index contributed by atoms with van der Waals surface area (Å²) < 4.78 is 0. The zero-order valence-electron chi connectivity index (χ0n) is 13.4. The average Bonchev–Trinajstić information content (AvgIpc) is 3.06. The van der Waals surface area contributed by atoms with Gasteiger partial charge in [-0.2, -0.15) is 0 Å². The minimum atomic E-state index is 0.455. The van der Waals surface area contributed by atoms with Gasteiger partial charge in [0, 0.05) is 17.0 Å². The van der Waals surface area contributed by atoms with Crippen LogP contribution >= 0.6 is 11.3 Å². The molecule has 4 unspecified atom stereocenters. The smallest absolute Gasteiger partial charge is 0.0417 e. The Bertz CT molecular complexity index is 445. The Morgan fingerprint density at radius 1 is 1.40 bits per heavy atom. The van der Waals surface area contributed by atoms with Gasteiger partial charge in [0.05, 0.1) is 0 Å². The number of hydrogen-bond acceptors (Lipinski definition) is 2. The van der Waals surface area contributed by atoms with Crippen LogP contribution in [-0.2, 0) is 0 Å². The fourth-order valence-electron chi connectivity index (χ4n) is 5.01. The van der Waals surface area contributed by atoms with Crippen molar-refractivity contribution in [3.05, 3.63) is 22.4 Å². The highest BCUT2D eigenvalue weighted by atomic mass is 32.1. The van der Waals surface area contributed by atoms with E-state index in [1.165, 1.54) is 37.0 Å². The zero-order chi connectivity index (χ0) is 14.4. The maximum absolute atomic E-state index is 4.09. The van der Waals surface area contributed by atoms with Crippen molar-refractivity contribution in [2.45, 2.75) is 71.9 Å². The number of fused-ring (bicyclic) bond motifs is 2. The van der Waals surface area contributed by atoms with Crippen molar-refractivity contribution >= 4 is 11.3 Å². The lowest BCUT2D eigenvalue weighted by Gasteiger charge is -2.45. The van der Waals surface area contributed by atoms with Crippen molar-refractivity contribution in [3.63, 3.8) is 0 Å². The van der Waals surface area contributed by atoms with E-state index in [2.05, 4.69) is 50.5 Å². The molecule has 2 aliphatic carbocycles. The molecule has 0 spiro atoms. The third-order valence-electron chi connectivity index (χ3n) is 6.10. The van der Waals surface area contributed by atoms with Crippen molar-refractivity contribution in [3.8, 4) is 0 Å². The van der Waals surface area contributed by atoms with Crippen molar-refractivity contribution in [2.75, 3.05) is 0 Å². The van der Waals surface area contributed by atoms with Crippen LogP contribution in [0.3, 0.4) is 0 Å². The molecular weight excluding hydrogens is 262 g/mol. The van der Waals surface area contributed by atoms with Gasteiger partial charge in [0.2, 0.25) is 0 Å². The van der Waals surface area contributed by atoms with Gasteiger partial charge < -0.3 is 5.32 Å². The molecule has 20 heavy (non-hydrogen) atoms. The van der Waals surface area contributed by atoms with E-state index in [4.69, 9.17) is 0 Å². The number of rotatable bonds is 5. The summed E-state index contributed by atoms with van der Waals surface area (Å²) in [6, 6.07) is 5.73. The van der Waals surface area contributed by atoms with Crippen LogP contribution in [0.15, 0.2) is 17.5 Å². The fourth-order valence-corrected chi connectivity index (χ4v) is 5.83. The second-order valence-electron chi connectivity index (χ2n) is 7.87. The van der Waals surface area contributed by atoms with E-state index in [0.29, 0.717) is 22.9 Å². The van der Waals surface area contributed by atoms with E-state index in [1.807, 2.05) is 11.3 Å². The lowest BCUT2D eigenvalue weighted by Crippen LogP contribution is -2.51. The summed E-state index contributed by atoms with van der Waals surface area (Å²) in [7, 11) is 0. The van der Waals surface area contributed by atoms with Crippen LogP contribution in [0.4, 0.5) is 0 Å². The Kier molecular flexibility index (Phi) is 3.75. The monoisotopic (exact) mass is 291 g/mol. The Morgan fingerprint density at radius 3 is 2.75 bits per heavy atom. The summed E-state index contributed by atoms with van der Waals surface area (Å²) in [5.74, 6) is 0.926. The molecule has 0 aromatic carbocycles. The van der Waals surface area contributed by atoms with E-state index in [1.54, 1.807) is 0 Å². The van der Waals surface area contributed by atoms with E-state index >= 15 is 0 Å². The Balaban J connectivity index is 1.81. The normalized spacial score (nSPS) is 36.4. The molecule has 2 heteroatoms. The molecule has 2 saturated carbocycles. The highest BCUT2D eigenvalue weighted by Gasteiger charge is 2.59. The predicted molar refractivity (Wildman–Crippen MR) is 88.1 cm³/mol. The second kappa shape index (κ2) is 5.14. The number of nitrogens with one attached hydrogen (secondary N) is 1. The quantitative estimate of drug-likeness (QED) is 0.766. The highest BCUT2D eigenvalue weighted by Crippen LogP contribution is 2.62. The van der Waals surface area contributed by atoms with E-state index in [0.717, 1.165) is 5.92 Å². The standard InChI is InChI=1S/C18H29NS/c1-5-7-14(15-8-6-11-20-15)19-16-17(2,3)13-9-10-18(16,4)12-13/h6,8,11,13-14,16,19H,5,7,9-10,12H2,1-4H3. The molecule has 0 aliphatic heterocycles. The molecule has 1 aromatic rings. The van der Waals surface area contributed by atoms with Crippen molar-refractivity contribution in [2.24, 2.45) is 16.7 Å². The zero-order valence-corrected chi connectivity index (χ0v) is 14.2. The molecule has 1 N–H and O–H groups in total. The van der Waals surface area contributed by atoms with Crippen LogP contribution in [0.25, 0.3) is 0 Å². The van der Waals surface area contributed by atoms with Crippen molar-refractivity contribution < 1.29 is 0 Å². The molecule has 1 aromatic heterocycles. The highest BCUT2D eigenvalue weighted by molar-refractivity contribution is 7.10. The van der Waals surface area contributed by atoms with Gasteiger partial charge >= 0.3 is 0 Å². The van der Waals surface area contributed by atoms with E-state index < -0.39 is 0 Å². The van der Waals surface area contributed by atoms with Gasteiger partial charge in [-0.3, -0.25) is 0 Å². The predicted octanol–water partition coefficient (Wildman–Crippen LogP) is 5.39. The summed E-state index contributed by atoms with van der Waals surface area (Å²) in [4.78, 5) is 1.52. The van der Waals surface area contributed by atoms with Gasteiger partial charge in [0.15, 0.2) is 0 Å². The molecule has 2 fully saturated rings. The SMILES string of the molecule is CCCC(NC1C2(C)CCC(C2)C1(C)C)c1cccs1. The third kappa shape index (κ3) is 2.25. The van der Waals surface area contributed by atoms with Crippen LogP contribution in [0.5, 0.6) is 0 Å². The largest absolute Gasteiger partial charge is 0.305 e. The molecular formula is C18H29NS. The van der Waals surface area contributed by atoms with E-state index in [-0.39, 0.29) is 0 Å². The molecule has 0 radical (unpaired) electrons. The van der Waals surface area contributed by atoms with Crippen LogP contribution in [0, 0.1) is 16.7 Å². The van der Waals surface area contributed by atoms with Gasteiger partial charge in [0.25, 0.3) is 0 Å². The topological polar surface area (TPSA) is 12.0 Å². The van der Waals surface area contributed by atoms with Gasteiger partial charge in [-0.15, -0.1) is 11.3 Å². The Hall–Kier alpha value is -0.340. The van der Waals surface area contributed by atoms with Crippen LogP contribution in [-0.4, -0.2) is 6.04 Å². The molecule has 1 nitrogen and oxygen atoms in total. The maximum atomic E-state index is 4.09. The van der Waals surface area contributed by atoms with Gasteiger partial charge in [-0.25, -0.2) is 0 Å². The van der Waals surface area contributed by atoms with Gasteiger partial charge in [-0.1, -0.05) is 40.2 Å². The molecule has 0 amide bonds. The lowest BCUT2D eigenvalue weighted by atomic mass is 9.68. The first-order valence-electron chi connectivity index (χ1n) is 8.27. The van der Waals surface area contributed by atoms with Crippen LogP contribution < -0.4 is 5.32 Å². The molecule has 112 valence electrons. The van der Waals surface area contributed by atoms with Crippen LogP contribution in [0.1, 0.15) is 70.7 Å². The summed E-state index contributed by atoms with van der Waals surface area (Å²) in [5.41, 5.74) is 0.980. The Labute approximate surface area is 128 Å². The summed E-state index contributed by atoms with van der Waals surface area (Å²) in [6.07, 6.45) is 6.80. The molecule has 4 atom stereocenters. The summed E-state index contributed by atoms with van der Waals surface area (Å²) >= 11 is 1.91. The van der Waals surface area contributed by atoms with E-state index in [9.17, 15) is 0 Å². The molecule has 0 saturated heterocycles.